The summed E-state index contributed by atoms with van der Waals surface area (Å²) in [6.45, 7) is 0.658. The normalized spacial score (nSPS) is 23.2. The highest BCUT2D eigenvalue weighted by Crippen LogP contribution is 2.39. The summed E-state index contributed by atoms with van der Waals surface area (Å²) in [7, 11) is -2.19. The van der Waals surface area contributed by atoms with E-state index in [0.717, 1.165) is 16.9 Å². The summed E-state index contributed by atoms with van der Waals surface area (Å²) in [5, 5.41) is 3.44. The maximum absolute atomic E-state index is 14.1. The number of piperazine rings is 1. The summed E-state index contributed by atoms with van der Waals surface area (Å²) in [4.78, 5) is -0.254. The van der Waals surface area contributed by atoms with Crippen molar-refractivity contribution in [2.75, 3.05) is 20.2 Å². The number of methoxy groups -OCH3 is 1. The fraction of sp³-hybridized carbons (Fsp3) is 0.250. The molecule has 3 heterocycles. The molecule has 0 spiro atoms. The van der Waals surface area contributed by atoms with Crippen molar-refractivity contribution in [2.45, 2.75) is 22.9 Å². The van der Waals surface area contributed by atoms with Gasteiger partial charge in [0.1, 0.15) is 16.5 Å². The number of sulfonamides is 1. The zero-order chi connectivity index (χ0) is 21.6. The Bertz CT molecular complexity index is 1200. The molecule has 2 bridgehead atoms. The number of halogens is 1. The smallest absolute Gasteiger partial charge is 0.246 e. The Morgan fingerprint density at radius 3 is 2.32 bits per heavy atom. The fourth-order valence-corrected chi connectivity index (χ4v) is 6.20. The molecule has 31 heavy (non-hydrogen) atoms. The Balaban J connectivity index is 1.33. The summed E-state index contributed by atoms with van der Waals surface area (Å²) in [6, 6.07) is 21.9. The fourth-order valence-electron chi connectivity index (χ4n) is 4.64. The van der Waals surface area contributed by atoms with Gasteiger partial charge in [0.2, 0.25) is 10.0 Å². The van der Waals surface area contributed by atoms with Crippen molar-refractivity contribution in [3.05, 3.63) is 84.2 Å². The maximum atomic E-state index is 14.1. The van der Waals surface area contributed by atoms with Crippen molar-refractivity contribution in [2.24, 2.45) is 0 Å². The molecule has 1 unspecified atom stereocenters. The number of nitrogens with zero attached hydrogens (tertiary/aromatic N) is 1. The first-order valence-corrected chi connectivity index (χ1v) is 11.7. The number of nitrogens with one attached hydrogen (secondary N) is 1. The van der Waals surface area contributed by atoms with Gasteiger partial charge in [-0.3, -0.25) is 0 Å². The lowest BCUT2D eigenvalue weighted by Gasteiger charge is -2.54. The molecule has 3 atom stereocenters. The molecule has 3 aromatic carbocycles. The molecule has 6 rings (SSSR count). The molecule has 0 radical (unpaired) electrons. The second-order valence-electron chi connectivity index (χ2n) is 8.01. The number of benzene rings is 3. The van der Waals surface area contributed by atoms with E-state index >= 15 is 0 Å². The highest BCUT2D eigenvalue weighted by atomic mass is 32.2. The average molecular weight is 439 g/mol. The number of fused-ring (bicyclic) bond motifs is 2. The molecule has 3 aliphatic rings. The minimum Gasteiger partial charge on any atom is -0.497 e. The van der Waals surface area contributed by atoms with Crippen molar-refractivity contribution in [1.29, 1.82) is 0 Å². The summed E-state index contributed by atoms with van der Waals surface area (Å²) in [5.41, 5.74) is 3.37. The molecular weight excluding hydrogens is 415 g/mol. The molecule has 0 saturated carbocycles. The summed E-state index contributed by atoms with van der Waals surface area (Å²) >= 11 is 0. The molecule has 3 aromatic rings. The van der Waals surface area contributed by atoms with E-state index in [1.807, 2.05) is 24.3 Å². The number of ether oxygens (including phenoxy) is 1. The molecule has 1 N–H and O–H groups in total. The van der Waals surface area contributed by atoms with Crippen LogP contribution in [0.5, 0.6) is 5.75 Å². The van der Waals surface area contributed by atoms with E-state index in [9.17, 15) is 12.8 Å². The molecule has 7 heteroatoms. The van der Waals surface area contributed by atoms with E-state index in [4.69, 9.17) is 4.74 Å². The molecule has 3 fully saturated rings. The van der Waals surface area contributed by atoms with E-state index in [-0.39, 0.29) is 22.9 Å². The predicted molar refractivity (Wildman–Crippen MR) is 117 cm³/mol. The van der Waals surface area contributed by atoms with Gasteiger partial charge in [0.25, 0.3) is 0 Å². The Labute approximate surface area is 181 Å². The van der Waals surface area contributed by atoms with Crippen molar-refractivity contribution < 1.29 is 17.5 Å². The third kappa shape index (κ3) is 3.52. The second-order valence-corrected chi connectivity index (χ2v) is 9.92. The van der Waals surface area contributed by atoms with Crippen molar-refractivity contribution in [3.8, 4) is 16.9 Å². The van der Waals surface area contributed by atoms with Gasteiger partial charge in [-0.15, -0.1) is 0 Å². The summed E-state index contributed by atoms with van der Waals surface area (Å²) in [5.74, 6) is 0.348. The van der Waals surface area contributed by atoms with E-state index in [0.29, 0.717) is 13.1 Å². The molecule has 160 valence electrons. The van der Waals surface area contributed by atoms with E-state index in [1.54, 1.807) is 13.2 Å². The van der Waals surface area contributed by atoms with Gasteiger partial charge >= 0.3 is 0 Å². The van der Waals surface area contributed by atoms with Gasteiger partial charge in [0.05, 0.1) is 7.11 Å². The lowest BCUT2D eigenvalue weighted by atomic mass is 9.75. The lowest BCUT2D eigenvalue weighted by molar-refractivity contribution is 0.101. The van der Waals surface area contributed by atoms with Gasteiger partial charge in [0.15, 0.2) is 0 Å². The zero-order valence-electron chi connectivity index (χ0n) is 17.0. The van der Waals surface area contributed by atoms with Crippen LogP contribution in [0.25, 0.3) is 11.1 Å². The molecule has 5 nitrogen and oxygen atoms in total. The van der Waals surface area contributed by atoms with Crippen LogP contribution in [-0.2, 0) is 10.0 Å². The number of rotatable bonds is 5. The van der Waals surface area contributed by atoms with Gasteiger partial charge in [-0.1, -0.05) is 48.5 Å². The van der Waals surface area contributed by atoms with Gasteiger partial charge in [-0.05, 0) is 41.0 Å². The lowest BCUT2D eigenvalue weighted by Crippen LogP contribution is -2.72. The second kappa shape index (κ2) is 7.75. The monoisotopic (exact) mass is 438 g/mol. The molecule has 0 amide bonds. The van der Waals surface area contributed by atoms with Crippen molar-refractivity contribution >= 4 is 10.0 Å². The van der Waals surface area contributed by atoms with Crippen LogP contribution in [0.1, 0.15) is 11.5 Å². The maximum Gasteiger partial charge on any atom is 0.246 e. The summed E-state index contributed by atoms with van der Waals surface area (Å²) < 4.78 is 46.6. The largest absolute Gasteiger partial charge is 0.497 e. The van der Waals surface area contributed by atoms with Crippen LogP contribution in [-0.4, -0.2) is 45.0 Å². The molecule has 0 aromatic heterocycles. The highest BCUT2D eigenvalue weighted by molar-refractivity contribution is 7.89. The third-order valence-electron chi connectivity index (χ3n) is 6.25. The Hall–Kier alpha value is -2.74. The van der Waals surface area contributed by atoms with Crippen LogP contribution in [0.3, 0.4) is 0 Å². The zero-order valence-corrected chi connectivity index (χ0v) is 17.8. The Morgan fingerprint density at radius 2 is 1.65 bits per heavy atom. The van der Waals surface area contributed by atoms with E-state index in [1.165, 1.54) is 28.1 Å². The first-order chi connectivity index (χ1) is 15.0. The average Bonchev–Trinajstić information content (AvgIpc) is 2.80. The van der Waals surface area contributed by atoms with Crippen LogP contribution in [0.4, 0.5) is 4.39 Å². The topological polar surface area (TPSA) is 58.6 Å². The van der Waals surface area contributed by atoms with Crippen LogP contribution in [0.2, 0.25) is 0 Å². The van der Waals surface area contributed by atoms with Gasteiger partial charge in [-0.2, -0.15) is 4.31 Å². The standard InChI is InChI=1S/C24H23FN2O3S/c1-30-19-6-4-5-18(13-19)16-9-11-17(12-10-16)24-21-14-27(15-22(24)26-21)31(28,29)23-8-3-2-7-20(23)25/h2-13,21-22,24,26H,14-15H2,1H3/t21-,22+,24?. The number of hydrogen-bond donors (Lipinski definition) is 1. The van der Waals surface area contributed by atoms with Crippen LogP contribution < -0.4 is 10.1 Å². The van der Waals surface area contributed by atoms with Crippen LogP contribution >= 0.6 is 0 Å². The van der Waals surface area contributed by atoms with Crippen LogP contribution in [0.15, 0.2) is 77.7 Å². The third-order valence-corrected chi connectivity index (χ3v) is 8.11. The van der Waals surface area contributed by atoms with Gasteiger partial charge in [0, 0.05) is 31.1 Å². The summed E-state index contributed by atoms with van der Waals surface area (Å²) in [6.07, 6.45) is 0. The SMILES string of the molecule is COc1cccc(-c2ccc(C3[C@@H]4CN(S(=O)(=O)c5ccccc5F)C[C@H]3N4)cc2)c1. The van der Waals surface area contributed by atoms with E-state index in [2.05, 4.69) is 29.6 Å². The molecule has 3 aliphatic heterocycles. The predicted octanol–water partition coefficient (Wildman–Crippen LogP) is 3.63. The Kier molecular flexibility index (Phi) is 5.04. The van der Waals surface area contributed by atoms with Crippen molar-refractivity contribution in [1.82, 2.24) is 9.62 Å². The number of piperidine rings is 1. The Morgan fingerprint density at radius 1 is 0.935 bits per heavy atom. The first-order valence-electron chi connectivity index (χ1n) is 10.2. The van der Waals surface area contributed by atoms with Crippen LogP contribution in [0, 0.1) is 5.82 Å². The van der Waals surface area contributed by atoms with Crippen molar-refractivity contribution in [3.63, 3.8) is 0 Å². The highest BCUT2D eigenvalue weighted by Gasteiger charge is 2.50. The molecular formula is C24H23FN2O3S. The van der Waals surface area contributed by atoms with Gasteiger partial charge in [-0.25, -0.2) is 12.8 Å². The first kappa shape index (κ1) is 20.2. The quantitative estimate of drug-likeness (QED) is 0.661. The minimum absolute atomic E-state index is 0.0166. The van der Waals surface area contributed by atoms with E-state index < -0.39 is 15.8 Å². The number of hydrogen-bond acceptors (Lipinski definition) is 4. The van der Waals surface area contributed by atoms with Gasteiger partial charge < -0.3 is 10.1 Å². The molecule has 3 saturated heterocycles. The minimum atomic E-state index is -3.84. The molecule has 0 aliphatic carbocycles.